The molecule has 0 aliphatic rings. The number of anilines is 3. The molecule has 1 atom stereocenters. The fourth-order valence-electron chi connectivity index (χ4n) is 3.12. The highest BCUT2D eigenvalue weighted by Crippen LogP contribution is 2.35. The lowest BCUT2D eigenvalue weighted by molar-refractivity contribution is -0.137. The number of hydrogen-bond acceptors (Lipinski definition) is 13. The molecular formula is C23H27N11O2S. The second-order valence-corrected chi connectivity index (χ2v) is 9.38. The van der Waals surface area contributed by atoms with Gasteiger partial charge in [-0.2, -0.15) is 19.6 Å². The van der Waals surface area contributed by atoms with E-state index < -0.39 is 5.97 Å². The molecule has 1 unspecified atom stereocenters. The molecule has 13 nitrogen and oxygen atoms in total. The summed E-state index contributed by atoms with van der Waals surface area (Å²) in [7, 11) is 7.38. The van der Waals surface area contributed by atoms with E-state index in [9.17, 15) is 4.79 Å². The van der Waals surface area contributed by atoms with Crippen molar-refractivity contribution in [1.29, 1.82) is 0 Å². The van der Waals surface area contributed by atoms with Crippen LogP contribution in [0.4, 0.5) is 29.2 Å². The molecule has 4 rings (SSSR count). The van der Waals surface area contributed by atoms with E-state index in [1.54, 1.807) is 15.9 Å². The maximum Gasteiger partial charge on any atom is 0.330 e. The predicted octanol–water partition coefficient (Wildman–Crippen LogP) is 3.74. The highest BCUT2D eigenvalue weighted by molar-refractivity contribution is 7.20. The zero-order chi connectivity index (χ0) is 26.5. The summed E-state index contributed by atoms with van der Waals surface area (Å²) in [6.45, 7) is 5.37. The number of para-hydroxylation sites is 1. The minimum atomic E-state index is -0.506. The van der Waals surface area contributed by atoms with E-state index in [0.29, 0.717) is 28.4 Å². The van der Waals surface area contributed by atoms with E-state index in [2.05, 4.69) is 47.2 Å². The normalized spacial score (nSPS) is 12.0. The quantitative estimate of drug-likeness (QED) is 0.186. The van der Waals surface area contributed by atoms with E-state index in [4.69, 9.17) is 4.74 Å². The van der Waals surface area contributed by atoms with Gasteiger partial charge in [-0.15, -0.1) is 15.3 Å². The van der Waals surface area contributed by atoms with Gasteiger partial charge in [0.1, 0.15) is 12.9 Å². The molecule has 0 bridgehead atoms. The maximum atomic E-state index is 11.5. The summed E-state index contributed by atoms with van der Waals surface area (Å²) in [6.07, 6.45) is 2.66. The van der Waals surface area contributed by atoms with Crippen molar-refractivity contribution in [1.82, 2.24) is 29.7 Å². The molecule has 192 valence electrons. The van der Waals surface area contributed by atoms with Gasteiger partial charge in [-0.25, -0.2) is 9.78 Å². The standard InChI is InChI=1S/C23H27N11O2S/c1-7-17(35)36-12-14(2)25-19-18(20(32(3)4)28-22(27-19)33(5)6)29-30-21-24-13-34(31-21)23-26-15-10-8-9-11-16(15)37-23/h7-11,13-14H,1,12H2,2-6H3,(H,25,27,28). The number of nitrogens with one attached hydrogen (secondary N) is 1. The fourth-order valence-corrected chi connectivity index (χ4v) is 4.01. The van der Waals surface area contributed by atoms with Gasteiger partial charge in [0, 0.05) is 34.3 Å². The van der Waals surface area contributed by atoms with Crippen LogP contribution in [0.25, 0.3) is 15.3 Å². The van der Waals surface area contributed by atoms with Crippen molar-refractivity contribution in [2.75, 3.05) is 49.9 Å². The van der Waals surface area contributed by atoms with Gasteiger partial charge in [-0.3, -0.25) is 0 Å². The van der Waals surface area contributed by atoms with Crippen LogP contribution in [-0.4, -0.2) is 76.5 Å². The van der Waals surface area contributed by atoms with Gasteiger partial charge in [0.15, 0.2) is 17.3 Å². The first-order chi connectivity index (χ1) is 17.7. The zero-order valence-corrected chi connectivity index (χ0v) is 22.0. The first-order valence-corrected chi connectivity index (χ1v) is 12.1. The van der Waals surface area contributed by atoms with Gasteiger partial charge in [0.2, 0.25) is 11.1 Å². The number of esters is 1. The third-order valence-corrected chi connectivity index (χ3v) is 5.93. The van der Waals surface area contributed by atoms with Gasteiger partial charge in [-0.05, 0) is 19.1 Å². The first-order valence-electron chi connectivity index (χ1n) is 11.3. The Hall–Kier alpha value is -4.46. The van der Waals surface area contributed by atoms with Gasteiger partial charge in [0.25, 0.3) is 5.95 Å². The summed E-state index contributed by atoms with van der Waals surface area (Å²) in [6, 6.07) is 7.57. The summed E-state index contributed by atoms with van der Waals surface area (Å²) in [5.74, 6) is 1.07. The second kappa shape index (κ2) is 11.1. The van der Waals surface area contributed by atoms with Crippen molar-refractivity contribution < 1.29 is 9.53 Å². The Balaban J connectivity index is 1.65. The van der Waals surface area contributed by atoms with E-state index in [1.165, 1.54) is 11.3 Å². The van der Waals surface area contributed by atoms with Crippen LogP contribution in [0, 0.1) is 0 Å². The number of fused-ring (bicyclic) bond motifs is 1. The molecular weight excluding hydrogens is 494 g/mol. The van der Waals surface area contributed by atoms with Crippen LogP contribution >= 0.6 is 11.3 Å². The van der Waals surface area contributed by atoms with Gasteiger partial charge in [0.05, 0.1) is 16.3 Å². The third-order valence-electron chi connectivity index (χ3n) is 4.90. The molecule has 0 fully saturated rings. The SMILES string of the molecule is C=CC(=O)OCC(C)Nc1nc(N(C)C)nc(N(C)C)c1N=Nc1ncn(-c2nc3ccccc3s2)n1. The molecule has 0 aliphatic heterocycles. The zero-order valence-electron chi connectivity index (χ0n) is 21.2. The van der Waals surface area contributed by atoms with Crippen molar-refractivity contribution >= 4 is 56.7 Å². The monoisotopic (exact) mass is 521 g/mol. The minimum absolute atomic E-state index is 0.105. The number of carbonyl (C=O) groups is 1. The smallest absolute Gasteiger partial charge is 0.330 e. The maximum absolute atomic E-state index is 11.5. The number of azo groups is 1. The number of hydrogen-bond donors (Lipinski definition) is 1. The van der Waals surface area contributed by atoms with E-state index in [0.717, 1.165) is 16.3 Å². The number of thiazole rings is 1. The fraction of sp³-hybridized carbons (Fsp3) is 0.304. The Morgan fingerprint density at radius 3 is 2.68 bits per heavy atom. The molecule has 1 N–H and O–H groups in total. The van der Waals surface area contributed by atoms with Crippen LogP contribution in [0.5, 0.6) is 0 Å². The molecule has 1 aromatic carbocycles. The summed E-state index contributed by atoms with van der Waals surface area (Å²) in [4.78, 5) is 33.1. The van der Waals surface area contributed by atoms with Crippen LogP contribution in [0.3, 0.4) is 0 Å². The molecule has 37 heavy (non-hydrogen) atoms. The molecule has 0 amide bonds. The molecule has 0 radical (unpaired) electrons. The summed E-state index contributed by atoms with van der Waals surface area (Å²) in [5, 5.41) is 17.0. The Labute approximate surface area is 217 Å². The molecule has 4 aromatic rings. The van der Waals surface area contributed by atoms with Crippen LogP contribution in [0.2, 0.25) is 0 Å². The number of ether oxygens (including phenoxy) is 1. The van der Waals surface area contributed by atoms with Crippen LogP contribution in [0.1, 0.15) is 6.92 Å². The lowest BCUT2D eigenvalue weighted by Crippen LogP contribution is -2.25. The summed E-state index contributed by atoms with van der Waals surface area (Å²) >= 11 is 1.50. The Morgan fingerprint density at radius 2 is 1.97 bits per heavy atom. The Kier molecular flexibility index (Phi) is 7.67. The molecule has 14 heteroatoms. The lowest BCUT2D eigenvalue weighted by atomic mass is 10.3. The Morgan fingerprint density at radius 1 is 1.19 bits per heavy atom. The lowest BCUT2D eigenvalue weighted by Gasteiger charge is -2.22. The number of nitrogens with zero attached hydrogens (tertiary/aromatic N) is 10. The number of aromatic nitrogens is 6. The third kappa shape index (κ3) is 6.03. The average Bonchev–Trinajstić information content (AvgIpc) is 3.52. The van der Waals surface area contributed by atoms with Crippen molar-refractivity contribution in [3.63, 3.8) is 0 Å². The molecule has 0 aliphatic carbocycles. The second-order valence-electron chi connectivity index (χ2n) is 8.37. The van der Waals surface area contributed by atoms with E-state index in [-0.39, 0.29) is 18.6 Å². The average molecular weight is 522 g/mol. The topological polar surface area (TPSA) is 139 Å². The molecule has 0 saturated heterocycles. The van der Waals surface area contributed by atoms with Crippen LogP contribution in [-0.2, 0) is 9.53 Å². The largest absolute Gasteiger partial charge is 0.460 e. The van der Waals surface area contributed by atoms with E-state index >= 15 is 0 Å². The summed E-state index contributed by atoms with van der Waals surface area (Å²) < 4.78 is 7.76. The molecule has 3 aromatic heterocycles. The van der Waals surface area contributed by atoms with Crippen molar-refractivity contribution in [3.05, 3.63) is 43.2 Å². The van der Waals surface area contributed by atoms with Crippen molar-refractivity contribution in [2.45, 2.75) is 13.0 Å². The van der Waals surface area contributed by atoms with Crippen LogP contribution < -0.4 is 15.1 Å². The van der Waals surface area contributed by atoms with Crippen LogP contribution in [0.15, 0.2) is 53.5 Å². The van der Waals surface area contributed by atoms with Gasteiger partial charge < -0.3 is 19.9 Å². The molecule has 3 heterocycles. The van der Waals surface area contributed by atoms with Crippen molar-refractivity contribution in [3.8, 4) is 5.13 Å². The summed E-state index contributed by atoms with van der Waals surface area (Å²) in [5.41, 5.74) is 1.27. The Bertz CT molecular complexity index is 1410. The van der Waals surface area contributed by atoms with Gasteiger partial charge in [-0.1, -0.05) is 30.0 Å². The molecule has 0 saturated carbocycles. The molecule has 0 spiro atoms. The number of carbonyl (C=O) groups excluding carboxylic acids is 1. The van der Waals surface area contributed by atoms with E-state index in [1.807, 2.05) is 64.3 Å². The number of rotatable bonds is 10. The highest BCUT2D eigenvalue weighted by Gasteiger charge is 2.20. The first kappa shape index (κ1) is 25.6. The minimum Gasteiger partial charge on any atom is -0.460 e. The highest BCUT2D eigenvalue weighted by atomic mass is 32.1. The predicted molar refractivity (Wildman–Crippen MR) is 144 cm³/mol. The number of benzene rings is 1. The van der Waals surface area contributed by atoms with Crippen molar-refractivity contribution in [2.24, 2.45) is 10.2 Å². The van der Waals surface area contributed by atoms with Gasteiger partial charge >= 0.3 is 5.97 Å².